The lowest BCUT2D eigenvalue weighted by atomic mass is 10.1. The van der Waals surface area contributed by atoms with Gasteiger partial charge in [-0.15, -0.1) is 5.92 Å². The highest BCUT2D eigenvalue weighted by atomic mass is 32.2. The summed E-state index contributed by atoms with van der Waals surface area (Å²) in [5.74, 6) is 6.11. The van der Waals surface area contributed by atoms with Gasteiger partial charge in [-0.3, -0.25) is 4.79 Å². The van der Waals surface area contributed by atoms with Crippen LogP contribution >= 0.6 is 0 Å². The van der Waals surface area contributed by atoms with Gasteiger partial charge in [0, 0.05) is 20.0 Å². The van der Waals surface area contributed by atoms with Gasteiger partial charge in [-0.05, 0) is 44.0 Å². The lowest BCUT2D eigenvalue weighted by molar-refractivity contribution is -0.129. The van der Waals surface area contributed by atoms with Crippen LogP contribution in [0.5, 0.6) is 5.75 Å². The molecule has 0 unspecified atom stereocenters. The van der Waals surface area contributed by atoms with Gasteiger partial charge in [0.25, 0.3) is 0 Å². The predicted molar refractivity (Wildman–Crippen MR) is 87.8 cm³/mol. The van der Waals surface area contributed by atoms with Gasteiger partial charge in [0.2, 0.25) is 5.91 Å². The number of nitrogens with zero attached hydrogens (tertiary/aromatic N) is 1. The van der Waals surface area contributed by atoms with Crippen molar-refractivity contribution >= 4 is 15.7 Å². The summed E-state index contributed by atoms with van der Waals surface area (Å²) in [7, 11) is -3.37. The lowest BCUT2D eigenvalue weighted by Crippen LogP contribution is -2.41. The number of amides is 1. The Morgan fingerprint density at radius 1 is 1.26 bits per heavy atom. The molecule has 0 spiro atoms. The summed E-state index contributed by atoms with van der Waals surface area (Å²) in [6.07, 6.45) is 0.957. The van der Waals surface area contributed by atoms with Crippen LogP contribution in [0.3, 0.4) is 0 Å². The Hall–Kier alpha value is -2.00. The number of carbonyl (C=O) groups is 1. The minimum Gasteiger partial charge on any atom is -0.481 e. The Morgan fingerprint density at radius 3 is 2.39 bits per heavy atom. The Bertz CT molecular complexity index is 705. The van der Waals surface area contributed by atoms with E-state index in [-0.39, 0.29) is 12.5 Å². The number of likely N-dealkylation sites (tertiary alicyclic amines) is 1. The van der Waals surface area contributed by atoms with Gasteiger partial charge in [0.15, 0.2) is 9.84 Å². The summed E-state index contributed by atoms with van der Waals surface area (Å²) in [5, 5.41) is -0.434. The van der Waals surface area contributed by atoms with Crippen molar-refractivity contribution in [2.45, 2.75) is 36.8 Å². The number of hydrogen-bond acceptors (Lipinski definition) is 4. The topological polar surface area (TPSA) is 63.7 Å². The largest absolute Gasteiger partial charge is 0.481 e. The van der Waals surface area contributed by atoms with Crippen molar-refractivity contribution in [2.24, 2.45) is 0 Å². The first-order chi connectivity index (χ1) is 10.9. The average molecular weight is 335 g/mol. The summed E-state index contributed by atoms with van der Waals surface area (Å²) >= 11 is 0. The molecular weight excluding hydrogens is 314 g/mol. The second-order valence-electron chi connectivity index (χ2n) is 5.44. The molecule has 1 aliphatic heterocycles. The van der Waals surface area contributed by atoms with E-state index in [1.165, 1.54) is 6.92 Å². The van der Waals surface area contributed by atoms with E-state index in [9.17, 15) is 13.2 Å². The molecule has 1 aromatic carbocycles. The van der Waals surface area contributed by atoms with E-state index < -0.39 is 15.1 Å². The molecule has 0 aliphatic carbocycles. The first-order valence-electron chi connectivity index (χ1n) is 7.57. The van der Waals surface area contributed by atoms with Crippen molar-refractivity contribution in [1.29, 1.82) is 0 Å². The summed E-state index contributed by atoms with van der Waals surface area (Å²) in [5.41, 5.74) is 0. The zero-order chi connectivity index (χ0) is 16.9. The third-order valence-corrected chi connectivity index (χ3v) is 6.24. The van der Waals surface area contributed by atoms with Crippen LogP contribution in [0.2, 0.25) is 0 Å². The molecular formula is C17H21NO4S. The standard InChI is InChI=1S/C17H21NO4S/c1-3-4-13-22-15-5-7-16(8-6-15)23(20,21)17-9-11-18(12-10-17)14(2)19/h5-8,17H,9-13H2,1-2H3. The normalized spacial score (nSPS) is 15.7. The van der Waals surface area contributed by atoms with Gasteiger partial charge in [-0.2, -0.15) is 0 Å². The molecule has 0 saturated carbocycles. The Balaban J connectivity index is 2.04. The van der Waals surface area contributed by atoms with Gasteiger partial charge >= 0.3 is 0 Å². The molecule has 124 valence electrons. The van der Waals surface area contributed by atoms with Crippen molar-refractivity contribution in [2.75, 3.05) is 19.7 Å². The van der Waals surface area contributed by atoms with Crippen LogP contribution in [-0.2, 0) is 14.6 Å². The molecule has 1 saturated heterocycles. The fourth-order valence-corrected chi connectivity index (χ4v) is 4.32. The van der Waals surface area contributed by atoms with Crippen LogP contribution in [0.15, 0.2) is 29.2 Å². The minimum atomic E-state index is -3.37. The van der Waals surface area contributed by atoms with Crippen molar-refractivity contribution in [3.8, 4) is 17.6 Å². The van der Waals surface area contributed by atoms with Crippen LogP contribution in [0, 0.1) is 11.8 Å². The van der Waals surface area contributed by atoms with Crippen LogP contribution in [0.25, 0.3) is 0 Å². The smallest absolute Gasteiger partial charge is 0.219 e. The quantitative estimate of drug-likeness (QED) is 0.788. The first-order valence-corrected chi connectivity index (χ1v) is 9.11. The lowest BCUT2D eigenvalue weighted by Gasteiger charge is -2.31. The third-order valence-electron chi connectivity index (χ3n) is 3.97. The molecule has 2 rings (SSSR count). The predicted octanol–water partition coefficient (Wildman–Crippen LogP) is 1.87. The Labute approximate surface area is 137 Å². The maximum atomic E-state index is 12.7. The number of ether oxygens (including phenoxy) is 1. The zero-order valence-electron chi connectivity index (χ0n) is 13.4. The molecule has 1 aromatic rings. The molecule has 1 heterocycles. The fraction of sp³-hybridized carbons (Fsp3) is 0.471. The SMILES string of the molecule is CC#CCOc1ccc(S(=O)(=O)C2CCN(C(C)=O)CC2)cc1. The number of rotatable bonds is 4. The average Bonchev–Trinajstić information content (AvgIpc) is 2.55. The van der Waals surface area contributed by atoms with E-state index in [2.05, 4.69) is 11.8 Å². The molecule has 0 bridgehead atoms. The highest BCUT2D eigenvalue weighted by Crippen LogP contribution is 2.26. The van der Waals surface area contributed by atoms with Crippen LogP contribution < -0.4 is 4.74 Å². The maximum Gasteiger partial charge on any atom is 0.219 e. The molecule has 5 nitrogen and oxygen atoms in total. The van der Waals surface area contributed by atoms with Crippen LogP contribution in [-0.4, -0.2) is 44.2 Å². The van der Waals surface area contributed by atoms with E-state index >= 15 is 0 Å². The van der Waals surface area contributed by atoms with Crippen molar-refractivity contribution in [3.63, 3.8) is 0 Å². The minimum absolute atomic E-state index is 0.00229. The summed E-state index contributed by atoms with van der Waals surface area (Å²) in [4.78, 5) is 13.3. The molecule has 0 aromatic heterocycles. The maximum absolute atomic E-state index is 12.7. The first kappa shape index (κ1) is 17.4. The van der Waals surface area contributed by atoms with Gasteiger partial charge < -0.3 is 9.64 Å². The molecule has 23 heavy (non-hydrogen) atoms. The summed E-state index contributed by atoms with van der Waals surface area (Å²) in [6, 6.07) is 6.44. The van der Waals surface area contributed by atoms with E-state index in [1.807, 2.05) is 0 Å². The van der Waals surface area contributed by atoms with Crippen LogP contribution in [0.1, 0.15) is 26.7 Å². The molecule has 0 N–H and O–H groups in total. The second-order valence-corrected chi connectivity index (χ2v) is 7.67. The Kier molecular flexibility index (Phi) is 5.67. The number of sulfone groups is 1. The van der Waals surface area contributed by atoms with Crippen LogP contribution in [0.4, 0.5) is 0 Å². The van der Waals surface area contributed by atoms with Gasteiger partial charge in [-0.1, -0.05) is 5.92 Å². The molecule has 0 atom stereocenters. The molecule has 1 fully saturated rings. The van der Waals surface area contributed by atoms with E-state index in [0.717, 1.165) is 0 Å². The molecule has 1 amide bonds. The molecule has 6 heteroatoms. The fourth-order valence-electron chi connectivity index (χ4n) is 2.59. The summed E-state index contributed by atoms with van der Waals surface area (Å²) < 4.78 is 30.7. The third kappa shape index (κ3) is 4.26. The van der Waals surface area contributed by atoms with E-state index in [4.69, 9.17) is 4.74 Å². The highest BCUT2D eigenvalue weighted by molar-refractivity contribution is 7.92. The highest BCUT2D eigenvalue weighted by Gasteiger charge is 2.31. The monoisotopic (exact) mass is 335 g/mol. The van der Waals surface area contributed by atoms with Crippen molar-refractivity contribution in [1.82, 2.24) is 4.90 Å². The number of benzene rings is 1. The van der Waals surface area contributed by atoms with E-state index in [0.29, 0.717) is 36.6 Å². The molecule has 0 radical (unpaired) electrons. The van der Waals surface area contributed by atoms with Gasteiger partial charge in [0.05, 0.1) is 10.1 Å². The van der Waals surface area contributed by atoms with Gasteiger partial charge in [-0.25, -0.2) is 8.42 Å². The van der Waals surface area contributed by atoms with Gasteiger partial charge in [0.1, 0.15) is 12.4 Å². The number of hydrogen-bond donors (Lipinski definition) is 0. The second kappa shape index (κ2) is 7.51. The summed E-state index contributed by atoms with van der Waals surface area (Å²) in [6.45, 7) is 4.52. The van der Waals surface area contributed by atoms with Crippen molar-refractivity contribution in [3.05, 3.63) is 24.3 Å². The molecule has 1 aliphatic rings. The van der Waals surface area contributed by atoms with Crippen molar-refractivity contribution < 1.29 is 17.9 Å². The number of carbonyl (C=O) groups excluding carboxylic acids is 1. The number of piperidine rings is 1. The van der Waals surface area contributed by atoms with E-state index in [1.54, 1.807) is 36.1 Å². The Morgan fingerprint density at radius 2 is 1.87 bits per heavy atom. The zero-order valence-corrected chi connectivity index (χ0v) is 14.2.